The molecule has 0 aliphatic carbocycles. The molecular weight excluding hydrogens is 353 g/mol. The highest BCUT2D eigenvalue weighted by molar-refractivity contribution is 7.99. The van der Waals surface area contributed by atoms with Gasteiger partial charge in [0, 0.05) is 13.1 Å². The third kappa shape index (κ3) is 6.12. The number of rotatable bonds is 8. The summed E-state index contributed by atoms with van der Waals surface area (Å²) < 4.78 is 19.2. The van der Waals surface area contributed by atoms with Gasteiger partial charge in [-0.1, -0.05) is 58.0 Å². The SMILES string of the molecule is CC.CCCC(CC)N(C)C(=O)CSc1nnc(-c2ccccc2F)o1. The van der Waals surface area contributed by atoms with E-state index >= 15 is 0 Å². The summed E-state index contributed by atoms with van der Waals surface area (Å²) in [4.78, 5) is 14.1. The first-order valence-electron chi connectivity index (χ1n) is 9.03. The fourth-order valence-corrected chi connectivity index (χ4v) is 3.13. The fourth-order valence-electron chi connectivity index (χ4n) is 2.45. The summed E-state index contributed by atoms with van der Waals surface area (Å²) in [6, 6.07) is 6.46. The van der Waals surface area contributed by atoms with Crippen molar-refractivity contribution in [2.45, 2.75) is 58.2 Å². The molecule has 1 unspecified atom stereocenters. The zero-order valence-electron chi connectivity index (χ0n) is 16.2. The van der Waals surface area contributed by atoms with E-state index in [0.29, 0.717) is 0 Å². The van der Waals surface area contributed by atoms with Gasteiger partial charge in [0.25, 0.3) is 11.1 Å². The highest BCUT2D eigenvalue weighted by Crippen LogP contribution is 2.25. The molecule has 0 saturated carbocycles. The molecule has 1 amide bonds. The Hall–Kier alpha value is -1.89. The van der Waals surface area contributed by atoms with Gasteiger partial charge in [-0.25, -0.2) is 4.39 Å². The van der Waals surface area contributed by atoms with Crippen LogP contribution in [0.4, 0.5) is 4.39 Å². The van der Waals surface area contributed by atoms with E-state index in [1.165, 1.54) is 17.8 Å². The number of hydrogen-bond acceptors (Lipinski definition) is 5. The molecule has 2 rings (SSSR count). The molecule has 1 aromatic heterocycles. The molecule has 0 saturated heterocycles. The van der Waals surface area contributed by atoms with E-state index in [4.69, 9.17) is 4.42 Å². The monoisotopic (exact) mass is 381 g/mol. The van der Waals surface area contributed by atoms with E-state index in [-0.39, 0.29) is 34.4 Å². The highest BCUT2D eigenvalue weighted by atomic mass is 32.2. The smallest absolute Gasteiger partial charge is 0.277 e. The van der Waals surface area contributed by atoms with Crippen LogP contribution in [-0.4, -0.2) is 39.8 Å². The third-order valence-corrected chi connectivity index (χ3v) is 4.67. The van der Waals surface area contributed by atoms with Crippen molar-refractivity contribution < 1.29 is 13.6 Å². The molecule has 0 radical (unpaired) electrons. The van der Waals surface area contributed by atoms with Gasteiger partial charge < -0.3 is 9.32 Å². The maximum absolute atomic E-state index is 13.7. The molecule has 144 valence electrons. The highest BCUT2D eigenvalue weighted by Gasteiger charge is 2.19. The van der Waals surface area contributed by atoms with E-state index in [0.717, 1.165) is 19.3 Å². The fraction of sp³-hybridized carbons (Fsp3) is 0.526. The van der Waals surface area contributed by atoms with Gasteiger partial charge in [0.1, 0.15) is 5.82 Å². The molecule has 7 heteroatoms. The number of aromatic nitrogens is 2. The first kappa shape index (κ1) is 22.2. The van der Waals surface area contributed by atoms with Gasteiger partial charge in [-0.05, 0) is 25.0 Å². The summed E-state index contributed by atoms with van der Waals surface area (Å²) in [6.07, 6.45) is 2.96. The van der Waals surface area contributed by atoms with Crippen LogP contribution in [0.2, 0.25) is 0 Å². The van der Waals surface area contributed by atoms with Gasteiger partial charge in [-0.3, -0.25) is 4.79 Å². The van der Waals surface area contributed by atoms with Crippen molar-refractivity contribution in [3.63, 3.8) is 0 Å². The van der Waals surface area contributed by atoms with E-state index in [1.807, 2.05) is 20.9 Å². The lowest BCUT2D eigenvalue weighted by Gasteiger charge is -2.26. The number of halogens is 1. The number of benzene rings is 1. The standard InChI is InChI=1S/C17H22FN3O2S.C2H6/c1-4-8-12(5-2)21(3)15(22)11-24-17-20-19-16(23-17)13-9-6-7-10-14(13)18;1-2/h6-7,9-10,12H,4-5,8,11H2,1-3H3;1-2H3. The molecule has 26 heavy (non-hydrogen) atoms. The zero-order chi connectivity index (χ0) is 19.5. The minimum atomic E-state index is -0.418. The minimum Gasteiger partial charge on any atom is -0.411 e. The second-order valence-corrected chi connectivity index (χ2v) is 6.42. The molecule has 1 aromatic carbocycles. The lowest BCUT2D eigenvalue weighted by Crippen LogP contribution is -2.37. The van der Waals surface area contributed by atoms with Gasteiger partial charge in [-0.2, -0.15) is 0 Å². The minimum absolute atomic E-state index is 0.0194. The topological polar surface area (TPSA) is 59.2 Å². The molecule has 0 aliphatic rings. The van der Waals surface area contributed by atoms with Gasteiger partial charge in [-0.15, -0.1) is 10.2 Å². The predicted octanol–water partition coefficient (Wildman–Crippen LogP) is 5.03. The van der Waals surface area contributed by atoms with Crippen molar-refractivity contribution in [3.8, 4) is 11.5 Å². The Kier molecular flexibility index (Phi) is 9.95. The number of amides is 1. The lowest BCUT2D eigenvalue weighted by molar-refractivity contribution is -0.129. The van der Waals surface area contributed by atoms with Crippen molar-refractivity contribution in [2.24, 2.45) is 0 Å². The van der Waals surface area contributed by atoms with Crippen molar-refractivity contribution in [1.82, 2.24) is 15.1 Å². The molecule has 0 fully saturated rings. The molecular formula is C19H28FN3O2S. The predicted molar refractivity (Wildman–Crippen MR) is 104 cm³/mol. The Labute approximate surface area is 159 Å². The summed E-state index contributed by atoms with van der Waals surface area (Å²) in [5.41, 5.74) is 0.259. The second-order valence-electron chi connectivity index (χ2n) is 5.50. The molecule has 1 atom stereocenters. The summed E-state index contributed by atoms with van der Waals surface area (Å²) >= 11 is 1.17. The van der Waals surface area contributed by atoms with Crippen molar-refractivity contribution in [1.29, 1.82) is 0 Å². The van der Waals surface area contributed by atoms with Crippen LogP contribution >= 0.6 is 11.8 Å². The van der Waals surface area contributed by atoms with E-state index in [9.17, 15) is 9.18 Å². The molecule has 0 aliphatic heterocycles. The van der Waals surface area contributed by atoms with Crippen molar-refractivity contribution in [2.75, 3.05) is 12.8 Å². The maximum atomic E-state index is 13.7. The zero-order valence-corrected chi connectivity index (χ0v) is 17.0. The number of nitrogens with zero attached hydrogens (tertiary/aromatic N) is 3. The molecule has 0 N–H and O–H groups in total. The van der Waals surface area contributed by atoms with Crippen LogP contribution in [0.3, 0.4) is 0 Å². The Balaban J connectivity index is 0.00000163. The second kappa shape index (κ2) is 11.7. The van der Waals surface area contributed by atoms with Gasteiger partial charge in [0.15, 0.2) is 0 Å². The first-order valence-corrected chi connectivity index (χ1v) is 10.0. The Bertz CT molecular complexity index is 678. The van der Waals surface area contributed by atoms with E-state index in [1.54, 1.807) is 23.1 Å². The quantitative estimate of drug-likeness (QED) is 0.600. The van der Waals surface area contributed by atoms with Crippen LogP contribution in [0.15, 0.2) is 33.9 Å². The van der Waals surface area contributed by atoms with Crippen molar-refractivity contribution in [3.05, 3.63) is 30.1 Å². The number of hydrogen-bond donors (Lipinski definition) is 0. The number of carbonyl (C=O) groups excluding carboxylic acids is 1. The van der Waals surface area contributed by atoms with Crippen LogP contribution < -0.4 is 0 Å². The summed E-state index contributed by atoms with van der Waals surface area (Å²) in [6.45, 7) is 8.19. The van der Waals surface area contributed by atoms with Crippen LogP contribution in [-0.2, 0) is 4.79 Å². The average Bonchev–Trinajstić information content (AvgIpc) is 3.14. The molecule has 2 aromatic rings. The number of thioether (sulfide) groups is 1. The molecule has 0 bridgehead atoms. The summed E-state index contributed by atoms with van der Waals surface area (Å²) in [7, 11) is 1.82. The van der Waals surface area contributed by atoms with Crippen LogP contribution in [0.1, 0.15) is 47.0 Å². The van der Waals surface area contributed by atoms with E-state index < -0.39 is 5.82 Å². The third-order valence-electron chi connectivity index (χ3n) is 3.86. The van der Waals surface area contributed by atoms with Gasteiger partial charge in [0.05, 0.1) is 11.3 Å². The van der Waals surface area contributed by atoms with Gasteiger partial charge >= 0.3 is 0 Å². The van der Waals surface area contributed by atoms with Gasteiger partial charge in [0.2, 0.25) is 5.91 Å². The molecule has 0 spiro atoms. The van der Waals surface area contributed by atoms with Crippen LogP contribution in [0.5, 0.6) is 0 Å². The summed E-state index contributed by atoms with van der Waals surface area (Å²) in [5.74, 6) is -0.0612. The van der Waals surface area contributed by atoms with E-state index in [2.05, 4.69) is 24.0 Å². The largest absolute Gasteiger partial charge is 0.411 e. The van der Waals surface area contributed by atoms with Crippen LogP contribution in [0, 0.1) is 5.82 Å². The maximum Gasteiger partial charge on any atom is 0.277 e. The Morgan fingerprint density at radius 1 is 1.27 bits per heavy atom. The Morgan fingerprint density at radius 3 is 2.58 bits per heavy atom. The van der Waals surface area contributed by atoms with Crippen LogP contribution in [0.25, 0.3) is 11.5 Å². The summed E-state index contributed by atoms with van der Waals surface area (Å²) in [5, 5.41) is 7.99. The first-order chi connectivity index (χ1) is 12.6. The number of carbonyl (C=O) groups is 1. The van der Waals surface area contributed by atoms with Crippen molar-refractivity contribution >= 4 is 17.7 Å². The lowest BCUT2D eigenvalue weighted by atomic mass is 10.1. The molecule has 1 heterocycles. The normalized spacial score (nSPS) is 11.5. The average molecular weight is 382 g/mol. The Morgan fingerprint density at radius 2 is 1.96 bits per heavy atom. The molecule has 5 nitrogen and oxygen atoms in total.